The maximum absolute atomic E-state index is 14.0. The van der Waals surface area contributed by atoms with E-state index in [0.29, 0.717) is 37.4 Å². The molecule has 0 saturated carbocycles. The van der Waals surface area contributed by atoms with Crippen molar-refractivity contribution in [3.8, 4) is 5.75 Å². The normalized spacial score (nSPS) is 11.9. The third-order valence-corrected chi connectivity index (χ3v) is 8.53. The Morgan fingerprint density at radius 1 is 0.902 bits per heavy atom. The third-order valence-electron chi connectivity index (χ3n) is 6.74. The number of amides is 2. The lowest BCUT2D eigenvalue weighted by molar-refractivity contribution is -0.139. The number of nitrogens with one attached hydrogen (secondary N) is 1. The Morgan fingerprint density at radius 2 is 1.56 bits per heavy atom. The summed E-state index contributed by atoms with van der Waals surface area (Å²) in [6, 6.07) is 22.1. The van der Waals surface area contributed by atoms with Crippen molar-refractivity contribution in [2.45, 2.75) is 57.9 Å². The Hall–Kier alpha value is -3.85. The predicted molar refractivity (Wildman–Crippen MR) is 163 cm³/mol. The fourth-order valence-corrected chi connectivity index (χ4v) is 5.92. The maximum Gasteiger partial charge on any atom is 0.264 e. The molecule has 3 rings (SSSR count). The molecule has 1 unspecified atom stereocenters. The zero-order valence-electron chi connectivity index (χ0n) is 24.4. The second-order valence-corrected chi connectivity index (χ2v) is 11.7. The lowest BCUT2D eigenvalue weighted by atomic mass is 10.1. The first kappa shape index (κ1) is 31.7. The molecule has 0 radical (unpaired) electrons. The number of aryl methyl sites for hydroxylation is 1. The van der Waals surface area contributed by atoms with Gasteiger partial charge in [-0.3, -0.25) is 13.9 Å². The number of carbonyl (C=O) groups excluding carboxylic acids is 2. The fourth-order valence-electron chi connectivity index (χ4n) is 4.50. The molecule has 0 aromatic heterocycles. The summed E-state index contributed by atoms with van der Waals surface area (Å²) in [4.78, 5) is 28.7. The molecule has 8 nitrogen and oxygen atoms in total. The predicted octanol–water partition coefficient (Wildman–Crippen LogP) is 4.97. The van der Waals surface area contributed by atoms with Gasteiger partial charge >= 0.3 is 0 Å². The number of benzene rings is 3. The van der Waals surface area contributed by atoms with Crippen molar-refractivity contribution in [3.05, 3.63) is 90.0 Å². The van der Waals surface area contributed by atoms with Gasteiger partial charge in [0.15, 0.2) is 0 Å². The number of ether oxygens (including phenoxy) is 1. The highest BCUT2D eigenvalue weighted by atomic mass is 32.2. The molecule has 1 N–H and O–H groups in total. The summed E-state index contributed by atoms with van der Waals surface area (Å²) in [5, 5.41) is 2.90. The van der Waals surface area contributed by atoms with Gasteiger partial charge in [-0.2, -0.15) is 0 Å². The summed E-state index contributed by atoms with van der Waals surface area (Å²) < 4.78 is 34.5. The molecular weight excluding hydrogens is 538 g/mol. The van der Waals surface area contributed by atoms with E-state index in [0.717, 1.165) is 21.9 Å². The number of carbonyl (C=O) groups is 2. The molecule has 9 heteroatoms. The van der Waals surface area contributed by atoms with Gasteiger partial charge in [-0.1, -0.05) is 61.9 Å². The molecule has 0 aliphatic carbocycles. The molecule has 1 atom stereocenters. The second-order valence-electron chi connectivity index (χ2n) is 9.79. The van der Waals surface area contributed by atoms with E-state index in [2.05, 4.69) is 5.32 Å². The molecule has 0 bridgehead atoms. The largest absolute Gasteiger partial charge is 0.494 e. The van der Waals surface area contributed by atoms with Gasteiger partial charge in [0.1, 0.15) is 18.3 Å². The van der Waals surface area contributed by atoms with Crippen molar-refractivity contribution in [1.29, 1.82) is 0 Å². The van der Waals surface area contributed by atoms with Gasteiger partial charge in [0, 0.05) is 13.1 Å². The molecule has 0 spiro atoms. The molecule has 220 valence electrons. The van der Waals surface area contributed by atoms with Crippen molar-refractivity contribution >= 4 is 27.5 Å². The summed E-state index contributed by atoms with van der Waals surface area (Å²) >= 11 is 0. The number of hydrogen-bond donors (Lipinski definition) is 1. The van der Waals surface area contributed by atoms with E-state index in [-0.39, 0.29) is 17.3 Å². The minimum Gasteiger partial charge on any atom is -0.494 e. The Morgan fingerprint density at radius 3 is 2.15 bits per heavy atom. The van der Waals surface area contributed by atoms with E-state index in [9.17, 15) is 18.0 Å². The van der Waals surface area contributed by atoms with Crippen LogP contribution in [0.25, 0.3) is 0 Å². The minimum absolute atomic E-state index is 0.0397. The Balaban J connectivity index is 1.99. The quantitative estimate of drug-likeness (QED) is 0.275. The van der Waals surface area contributed by atoms with Crippen LogP contribution in [0.3, 0.4) is 0 Å². The van der Waals surface area contributed by atoms with Crippen molar-refractivity contribution in [2.24, 2.45) is 0 Å². The first-order chi connectivity index (χ1) is 19.7. The van der Waals surface area contributed by atoms with E-state index in [1.807, 2.05) is 58.0 Å². The van der Waals surface area contributed by atoms with Crippen LogP contribution in [0.5, 0.6) is 5.75 Å². The number of anilines is 1. The molecular formula is C32H41N3O5S. The third kappa shape index (κ3) is 8.57. The number of sulfonamides is 1. The zero-order valence-corrected chi connectivity index (χ0v) is 25.2. The van der Waals surface area contributed by atoms with E-state index < -0.39 is 28.5 Å². The average molecular weight is 580 g/mol. The molecule has 0 fully saturated rings. The van der Waals surface area contributed by atoms with Crippen LogP contribution in [0, 0.1) is 6.92 Å². The van der Waals surface area contributed by atoms with Crippen LogP contribution in [0.2, 0.25) is 0 Å². The summed E-state index contributed by atoms with van der Waals surface area (Å²) in [6.45, 7) is 8.35. The van der Waals surface area contributed by atoms with Crippen molar-refractivity contribution in [2.75, 3.05) is 30.5 Å². The van der Waals surface area contributed by atoms with Crippen molar-refractivity contribution in [3.63, 3.8) is 0 Å². The number of nitrogens with zero attached hydrogens (tertiary/aromatic N) is 2. The number of hydrogen-bond acceptors (Lipinski definition) is 5. The van der Waals surface area contributed by atoms with Crippen LogP contribution in [-0.2, 0) is 26.0 Å². The SMILES string of the molecule is CCCNC(=O)C(CC)N(CCc1ccccc1)C(=O)CN(c1ccc(C)cc1)S(=O)(=O)c1ccc(OCC)cc1. The minimum atomic E-state index is -4.13. The Labute approximate surface area is 244 Å². The summed E-state index contributed by atoms with van der Waals surface area (Å²) in [6.07, 6.45) is 1.69. The first-order valence-corrected chi connectivity index (χ1v) is 15.6. The summed E-state index contributed by atoms with van der Waals surface area (Å²) in [5.41, 5.74) is 2.34. The van der Waals surface area contributed by atoms with Crippen LogP contribution in [0.1, 0.15) is 44.7 Å². The van der Waals surface area contributed by atoms with Gasteiger partial charge in [-0.05, 0) is 75.1 Å². The summed E-state index contributed by atoms with van der Waals surface area (Å²) in [5.74, 6) is -0.137. The van der Waals surface area contributed by atoms with Crippen molar-refractivity contribution < 1.29 is 22.7 Å². The lowest BCUT2D eigenvalue weighted by Crippen LogP contribution is -2.53. The lowest BCUT2D eigenvalue weighted by Gasteiger charge is -2.33. The van der Waals surface area contributed by atoms with Gasteiger partial charge in [-0.25, -0.2) is 8.42 Å². The maximum atomic E-state index is 14.0. The molecule has 3 aromatic rings. The van der Waals surface area contributed by atoms with E-state index >= 15 is 0 Å². The van der Waals surface area contributed by atoms with Gasteiger partial charge in [-0.15, -0.1) is 0 Å². The van der Waals surface area contributed by atoms with Crippen LogP contribution < -0.4 is 14.4 Å². The van der Waals surface area contributed by atoms with Crippen LogP contribution in [0.4, 0.5) is 5.69 Å². The molecule has 0 heterocycles. The van der Waals surface area contributed by atoms with Crippen molar-refractivity contribution in [1.82, 2.24) is 10.2 Å². The average Bonchev–Trinajstić information content (AvgIpc) is 2.98. The molecule has 0 saturated heterocycles. The molecule has 41 heavy (non-hydrogen) atoms. The molecule has 0 aliphatic heterocycles. The van der Waals surface area contributed by atoms with Crippen LogP contribution in [-0.4, -0.2) is 57.4 Å². The highest BCUT2D eigenvalue weighted by Gasteiger charge is 2.33. The molecule has 2 amide bonds. The summed E-state index contributed by atoms with van der Waals surface area (Å²) in [7, 11) is -4.13. The highest BCUT2D eigenvalue weighted by Crippen LogP contribution is 2.26. The van der Waals surface area contributed by atoms with E-state index in [1.54, 1.807) is 36.4 Å². The van der Waals surface area contributed by atoms with Gasteiger partial charge in [0.05, 0.1) is 17.2 Å². The van der Waals surface area contributed by atoms with Gasteiger partial charge in [0.25, 0.3) is 10.0 Å². The smallest absolute Gasteiger partial charge is 0.264 e. The van der Waals surface area contributed by atoms with Gasteiger partial charge in [0.2, 0.25) is 11.8 Å². The van der Waals surface area contributed by atoms with E-state index in [1.165, 1.54) is 17.0 Å². The fraction of sp³-hybridized carbons (Fsp3) is 0.375. The second kappa shape index (κ2) is 15.2. The number of rotatable bonds is 15. The zero-order chi connectivity index (χ0) is 29.8. The molecule has 0 aliphatic rings. The first-order valence-electron chi connectivity index (χ1n) is 14.1. The Bertz CT molecular complexity index is 1360. The standard InChI is InChI=1S/C32H41N3O5S/c1-5-22-33-32(37)30(6-2)34(23-21-26-11-9-8-10-12-26)31(36)24-35(27-15-13-25(4)14-16-27)41(38,39)29-19-17-28(18-20-29)40-7-3/h8-20,30H,5-7,21-24H2,1-4H3,(H,33,37). The van der Waals surface area contributed by atoms with Crippen LogP contribution >= 0.6 is 0 Å². The topological polar surface area (TPSA) is 96.0 Å². The highest BCUT2D eigenvalue weighted by molar-refractivity contribution is 7.92. The Kier molecular flexibility index (Phi) is 11.8. The molecule has 3 aromatic carbocycles. The van der Waals surface area contributed by atoms with E-state index in [4.69, 9.17) is 4.74 Å². The van der Waals surface area contributed by atoms with Gasteiger partial charge < -0.3 is 15.0 Å². The monoisotopic (exact) mass is 579 g/mol. The van der Waals surface area contributed by atoms with Crippen LogP contribution in [0.15, 0.2) is 83.8 Å².